The molecule has 0 radical (unpaired) electrons. The molecule has 2 heterocycles. The number of Topliss-reactive ketones (excluding diaryl/α,β-unsaturated/α-hetero) is 1. The summed E-state index contributed by atoms with van der Waals surface area (Å²) < 4.78 is 1.38. The summed E-state index contributed by atoms with van der Waals surface area (Å²) in [6.45, 7) is 2.89. The van der Waals surface area contributed by atoms with Crippen molar-refractivity contribution in [2.75, 3.05) is 6.54 Å². The minimum absolute atomic E-state index is 0.0476. The van der Waals surface area contributed by atoms with E-state index >= 15 is 0 Å². The quantitative estimate of drug-likeness (QED) is 0.933. The van der Waals surface area contributed by atoms with Gasteiger partial charge in [-0.25, -0.2) is 4.98 Å². The van der Waals surface area contributed by atoms with Gasteiger partial charge < -0.3 is 5.32 Å². The van der Waals surface area contributed by atoms with Gasteiger partial charge in [0.05, 0.1) is 23.8 Å². The van der Waals surface area contributed by atoms with Crippen LogP contribution in [-0.4, -0.2) is 27.9 Å². The number of rotatable bonds is 4. The van der Waals surface area contributed by atoms with Gasteiger partial charge in [-0.3, -0.25) is 14.2 Å². The number of nitrogens with zero attached hydrogens (tertiary/aromatic N) is 2. The third-order valence-corrected chi connectivity index (χ3v) is 4.53. The van der Waals surface area contributed by atoms with Crippen LogP contribution in [0.15, 0.2) is 23.3 Å². The number of piperidine rings is 1. The van der Waals surface area contributed by atoms with Crippen LogP contribution in [0.4, 0.5) is 0 Å². The SMILES string of the molecule is Cc1cc(Cl)cc2c(=O)n(CC(=O)CC3CCCCN3)cnc12. The number of ketones is 1. The molecule has 3 rings (SSSR count). The van der Waals surface area contributed by atoms with E-state index in [4.69, 9.17) is 11.6 Å². The van der Waals surface area contributed by atoms with Crippen LogP contribution in [0.5, 0.6) is 0 Å². The Morgan fingerprint density at radius 3 is 3.00 bits per heavy atom. The topological polar surface area (TPSA) is 64.0 Å². The molecule has 1 aromatic heterocycles. The molecular formula is C17H20ClN3O2. The molecule has 0 bridgehead atoms. The van der Waals surface area contributed by atoms with Gasteiger partial charge in [0.15, 0.2) is 5.78 Å². The Labute approximate surface area is 139 Å². The van der Waals surface area contributed by atoms with E-state index in [0.717, 1.165) is 24.9 Å². The van der Waals surface area contributed by atoms with Crippen LogP contribution in [-0.2, 0) is 11.3 Å². The highest BCUT2D eigenvalue weighted by molar-refractivity contribution is 6.31. The molecule has 1 aromatic carbocycles. The molecule has 5 nitrogen and oxygen atoms in total. The summed E-state index contributed by atoms with van der Waals surface area (Å²) in [4.78, 5) is 29.1. The van der Waals surface area contributed by atoms with Gasteiger partial charge in [-0.1, -0.05) is 18.0 Å². The minimum atomic E-state index is -0.217. The van der Waals surface area contributed by atoms with Crippen LogP contribution in [0, 0.1) is 6.92 Å². The van der Waals surface area contributed by atoms with E-state index < -0.39 is 0 Å². The van der Waals surface area contributed by atoms with Gasteiger partial charge in [-0.05, 0) is 44.0 Å². The molecule has 0 spiro atoms. The summed E-state index contributed by atoms with van der Waals surface area (Å²) >= 11 is 6.03. The Kier molecular flexibility index (Phi) is 4.78. The number of carbonyl (C=O) groups excluding carboxylic acids is 1. The summed E-state index contributed by atoms with van der Waals surface area (Å²) in [6, 6.07) is 3.63. The van der Waals surface area contributed by atoms with Crippen molar-refractivity contribution in [1.29, 1.82) is 0 Å². The van der Waals surface area contributed by atoms with Gasteiger partial charge in [-0.2, -0.15) is 0 Å². The summed E-state index contributed by atoms with van der Waals surface area (Å²) in [5.74, 6) is 0.0476. The monoisotopic (exact) mass is 333 g/mol. The van der Waals surface area contributed by atoms with Gasteiger partial charge in [0.1, 0.15) is 0 Å². The fraction of sp³-hybridized carbons (Fsp3) is 0.471. The fourth-order valence-corrected chi connectivity index (χ4v) is 3.42. The summed E-state index contributed by atoms with van der Waals surface area (Å²) in [7, 11) is 0. The average Bonchev–Trinajstić information content (AvgIpc) is 2.51. The number of hydrogen-bond donors (Lipinski definition) is 1. The van der Waals surface area contributed by atoms with E-state index in [2.05, 4.69) is 10.3 Å². The number of benzene rings is 1. The maximum atomic E-state index is 12.6. The van der Waals surface area contributed by atoms with E-state index in [9.17, 15) is 9.59 Å². The summed E-state index contributed by atoms with van der Waals surface area (Å²) in [5, 5.41) is 4.32. The molecule has 1 aliphatic rings. The van der Waals surface area contributed by atoms with Crippen LogP contribution in [0.25, 0.3) is 10.9 Å². The third kappa shape index (κ3) is 3.62. The highest BCUT2D eigenvalue weighted by Gasteiger charge is 2.17. The van der Waals surface area contributed by atoms with E-state index in [-0.39, 0.29) is 23.9 Å². The Bertz CT molecular complexity index is 794. The highest BCUT2D eigenvalue weighted by Crippen LogP contribution is 2.19. The molecule has 1 fully saturated rings. The molecule has 1 saturated heterocycles. The Hall–Kier alpha value is -1.72. The van der Waals surface area contributed by atoms with Crippen LogP contribution in [0.1, 0.15) is 31.2 Å². The van der Waals surface area contributed by atoms with Gasteiger partial charge in [0.25, 0.3) is 5.56 Å². The maximum Gasteiger partial charge on any atom is 0.261 e. The van der Waals surface area contributed by atoms with Crippen molar-refractivity contribution in [1.82, 2.24) is 14.9 Å². The molecular weight excluding hydrogens is 314 g/mol. The second-order valence-corrected chi connectivity index (χ2v) is 6.62. The summed E-state index contributed by atoms with van der Waals surface area (Å²) in [6.07, 6.45) is 5.25. The molecule has 1 unspecified atom stereocenters. The molecule has 1 atom stereocenters. The molecule has 1 N–H and O–H groups in total. The lowest BCUT2D eigenvalue weighted by molar-refractivity contribution is -0.120. The van der Waals surface area contributed by atoms with Crippen molar-refractivity contribution < 1.29 is 4.79 Å². The lowest BCUT2D eigenvalue weighted by Crippen LogP contribution is -2.37. The second-order valence-electron chi connectivity index (χ2n) is 6.19. The summed E-state index contributed by atoms with van der Waals surface area (Å²) in [5.41, 5.74) is 1.28. The molecule has 1 aliphatic heterocycles. The largest absolute Gasteiger partial charge is 0.314 e. The first-order chi connectivity index (χ1) is 11.0. The van der Waals surface area contributed by atoms with Crippen molar-refractivity contribution in [2.45, 2.75) is 45.2 Å². The molecule has 0 saturated carbocycles. The number of fused-ring (bicyclic) bond motifs is 1. The molecule has 2 aromatic rings. The van der Waals surface area contributed by atoms with Gasteiger partial charge in [-0.15, -0.1) is 0 Å². The number of aryl methyl sites for hydroxylation is 1. The molecule has 0 aliphatic carbocycles. The molecule has 0 amide bonds. The van der Waals surface area contributed by atoms with Crippen molar-refractivity contribution in [3.63, 3.8) is 0 Å². The van der Waals surface area contributed by atoms with Gasteiger partial charge >= 0.3 is 0 Å². The predicted octanol–water partition coefficient (Wildman–Crippen LogP) is 2.46. The van der Waals surface area contributed by atoms with E-state index in [1.807, 2.05) is 6.92 Å². The standard InChI is InChI=1S/C17H20ClN3O2/c1-11-6-12(18)7-15-16(11)20-10-21(17(15)23)9-14(22)8-13-4-2-3-5-19-13/h6-7,10,13,19H,2-5,8-9H2,1H3. The van der Waals surface area contributed by atoms with Crippen LogP contribution in [0.2, 0.25) is 5.02 Å². The first-order valence-corrected chi connectivity index (χ1v) is 8.33. The third-order valence-electron chi connectivity index (χ3n) is 4.32. The zero-order valence-electron chi connectivity index (χ0n) is 13.1. The van der Waals surface area contributed by atoms with Crippen LogP contribution >= 0.6 is 11.6 Å². The number of halogens is 1. The van der Waals surface area contributed by atoms with Crippen LogP contribution in [0.3, 0.4) is 0 Å². The van der Waals surface area contributed by atoms with Crippen molar-refractivity contribution >= 4 is 28.3 Å². The Morgan fingerprint density at radius 2 is 2.26 bits per heavy atom. The van der Waals surface area contributed by atoms with Gasteiger partial charge in [0, 0.05) is 17.5 Å². The number of carbonyl (C=O) groups is 1. The first kappa shape index (κ1) is 16.1. The maximum absolute atomic E-state index is 12.6. The molecule has 23 heavy (non-hydrogen) atoms. The van der Waals surface area contributed by atoms with Crippen molar-refractivity contribution in [2.24, 2.45) is 0 Å². The van der Waals surface area contributed by atoms with Crippen molar-refractivity contribution in [3.8, 4) is 0 Å². The molecule has 122 valence electrons. The smallest absolute Gasteiger partial charge is 0.261 e. The molecule has 6 heteroatoms. The van der Waals surface area contributed by atoms with E-state index in [1.54, 1.807) is 12.1 Å². The fourth-order valence-electron chi connectivity index (χ4n) is 3.14. The Morgan fingerprint density at radius 1 is 1.43 bits per heavy atom. The normalized spacial score (nSPS) is 18.3. The lowest BCUT2D eigenvalue weighted by Gasteiger charge is -2.22. The average molecular weight is 334 g/mol. The van der Waals surface area contributed by atoms with E-state index in [1.165, 1.54) is 17.3 Å². The predicted molar refractivity (Wildman–Crippen MR) is 91.0 cm³/mol. The Balaban J connectivity index is 1.81. The van der Waals surface area contributed by atoms with Crippen LogP contribution < -0.4 is 10.9 Å². The number of hydrogen-bond acceptors (Lipinski definition) is 4. The van der Waals surface area contributed by atoms with Gasteiger partial charge in [0.2, 0.25) is 0 Å². The van der Waals surface area contributed by atoms with Crippen molar-refractivity contribution in [3.05, 3.63) is 39.4 Å². The minimum Gasteiger partial charge on any atom is -0.314 e. The number of nitrogens with one attached hydrogen (secondary N) is 1. The second kappa shape index (κ2) is 6.81. The van der Waals surface area contributed by atoms with E-state index in [0.29, 0.717) is 22.3 Å². The highest BCUT2D eigenvalue weighted by atomic mass is 35.5. The zero-order valence-corrected chi connectivity index (χ0v) is 13.9. The lowest BCUT2D eigenvalue weighted by atomic mass is 10.00. The number of aromatic nitrogens is 2. The first-order valence-electron chi connectivity index (χ1n) is 7.95. The zero-order chi connectivity index (χ0) is 16.4.